The van der Waals surface area contributed by atoms with Gasteiger partial charge in [0.25, 0.3) is 0 Å². The van der Waals surface area contributed by atoms with Crippen molar-refractivity contribution in [2.24, 2.45) is 5.92 Å². The van der Waals surface area contributed by atoms with Crippen LogP contribution < -0.4 is 10.1 Å². The quantitative estimate of drug-likeness (QED) is 0.824. The molecule has 1 aromatic heterocycles. The summed E-state index contributed by atoms with van der Waals surface area (Å²) in [5, 5.41) is 3.20. The summed E-state index contributed by atoms with van der Waals surface area (Å²) in [5.41, 5.74) is 1.66. The fourth-order valence-electron chi connectivity index (χ4n) is 2.23. The molecule has 108 valence electrons. The van der Waals surface area contributed by atoms with Gasteiger partial charge in [-0.3, -0.25) is 4.79 Å². The maximum Gasteiger partial charge on any atom is 0.231 e. The summed E-state index contributed by atoms with van der Waals surface area (Å²) in [6.07, 6.45) is 2.20. The van der Waals surface area contributed by atoms with E-state index in [1.54, 1.807) is 6.07 Å². The molecule has 1 aromatic carbocycles. The molecule has 6 heteroatoms. The summed E-state index contributed by atoms with van der Waals surface area (Å²) in [5.74, 6) is 0.562. The van der Waals surface area contributed by atoms with Crippen LogP contribution in [0, 0.1) is 5.92 Å². The number of carbonyl (C=O) groups is 1. The zero-order chi connectivity index (χ0) is 14.8. The lowest BCUT2D eigenvalue weighted by Gasteiger charge is -2.24. The summed E-state index contributed by atoms with van der Waals surface area (Å²) in [6, 6.07) is 9.50. The molecule has 0 saturated heterocycles. The van der Waals surface area contributed by atoms with Crippen molar-refractivity contribution >= 4 is 39.1 Å². The Morgan fingerprint density at radius 1 is 1.43 bits per heavy atom. The van der Waals surface area contributed by atoms with Crippen molar-refractivity contribution in [3.05, 3.63) is 51.7 Å². The monoisotopic (exact) mass is 366 g/mol. The van der Waals surface area contributed by atoms with Crippen molar-refractivity contribution in [2.45, 2.75) is 6.42 Å². The molecular formula is C15H12BrClN2O2. The molecule has 0 fully saturated rings. The number of para-hydroxylation sites is 1. The molecule has 2 aromatic rings. The van der Waals surface area contributed by atoms with Crippen LogP contribution in [0.1, 0.15) is 5.56 Å². The summed E-state index contributed by atoms with van der Waals surface area (Å²) in [6.45, 7) is 0.380. The van der Waals surface area contributed by atoms with Crippen molar-refractivity contribution in [3.63, 3.8) is 0 Å². The molecule has 1 amide bonds. The number of ether oxygens (including phenoxy) is 1. The molecule has 3 rings (SSSR count). The average Bonchev–Trinajstić information content (AvgIpc) is 2.50. The molecule has 1 aliphatic heterocycles. The van der Waals surface area contributed by atoms with E-state index in [-0.39, 0.29) is 11.8 Å². The lowest BCUT2D eigenvalue weighted by atomic mass is 9.96. The van der Waals surface area contributed by atoms with E-state index in [9.17, 15) is 4.79 Å². The number of nitrogens with one attached hydrogen (secondary N) is 1. The molecule has 0 spiro atoms. The van der Waals surface area contributed by atoms with Crippen LogP contribution in [0.15, 0.2) is 41.0 Å². The topological polar surface area (TPSA) is 51.2 Å². The first-order chi connectivity index (χ1) is 10.1. The van der Waals surface area contributed by atoms with E-state index in [1.165, 1.54) is 6.20 Å². The Kier molecular flexibility index (Phi) is 4.12. The molecule has 0 aliphatic carbocycles. The molecule has 0 radical (unpaired) electrons. The number of rotatable bonds is 2. The number of benzene rings is 1. The largest absolute Gasteiger partial charge is 0.492 e. The number of hydrogen-bond acceptors (Lipinski definition) is 3. The second kappa shape index (κ2) is 6.03. The van der Waals surface area contributed by atoms with Crippen molar-refractivity contribution < 1.29 is 9.53 Å². The van der Waals surface area contributed by atoms with Gasteiger partial charge < -0.3 is 10.1 Å². The lowest BCUT2D eigenvalue weighted by Crippen LogP contribution is -2.32. The maximum atomic E-state index is 12.3. The Labute approximate surface area is 135 Å². The zero-order valence-electron chi connectivity index (χ0n) is 11.0. The first kappa shape index (κ1) is 14.4. The van der Waals surface area contributed by atoms with E-state index in [0.29, 0.717) is 28.3 Å². The van der Waals surface area contributed by atoms with E-state index in [2.05, 4.69) is 26.2 Å². The van der Waals surface area contributed by atoms with E-state index in [1.807, 2.05) is 24.3 Å². The van der Waals surface area contributed by atoms with Crippen LogP contribution >= 0.6 is 27.5 Å². The molecular weight excluding hydrogens is 356 g/mol. The van der Waals surface area contributed by atoms with Crippen LogP contribution in [0.2, 0.25) is 5.15 Å². The van der Waals surface area contributed by atoms with E-state index < -0.39 is 0 Å². The molecule has 1 aliphatic rings. The molecule has 1 atom stereocenters. The van der Waals surface area contributed by atoms with Crippen LogP contribution in [0.5, 0.6) is 5.75 Å². The number of halogens is 2. The van der Waals surface area contributed by atoms with Gasteiger partial charge in [-0.1, -0.05) is 29.8 Å². The number of pyridine rings is 1. The number of nitrogens with zero attached hydrogens (tertiary/aromatic N) is 1. The fraction of sp³-hybridized carbons (Fsp3) is 0.200. The Morgan fingerprint density at radius 2 is 2.24 bits per heavy atom. The van der Waals surface area contributed by atoms with Gasteiger partial charge in [0.2, 0.25) is 5.91 Å². The molecule has 1 unspecified atom stereocenters. The summed E-state index contributed by atoms with van der Waals surface area (Å²) in [7, 11) is 0. The minimum atomic E-state index is -0.214. The number of carbonyl (C=O) groups excluding carboxylic acids is 1. The summed E-state index contributed by atoms with van der Waals surface area (Å²) >= 11 is 9.11. The van der Waals surface area contributed by atoms with Gasteiger partial charge in [-0.15, -0.1) is 0 Å². The number of amides is 1. The third kappa shape index (κ3) is 3.19. The number of hydrogen-bond donors (Lipinski definition) is 1. The van der Waals surface area contributed by atoms with Crippen LogP contribution in [-0.2, 0) is 11.2 Å². The Morgan fingerprint density at radius 3 is 3.05 bits per heavy atom. The van der Waals surface area contributed by atoms with Gasteiger partial charge in [0.05, 0.1) is 22.3 Å². The van der Waals surface area contributed by atoms with Crippen molar-refractivity contribution in [1.82, 2.24) is 4.98 Å². The minimum Gasteiger partial charge on any atom is -0.492 e. The van der Waals surface area contributed by atoms with Gasteiger partial charge in [0.15, 0.2) is 0 Å². The Bertz CT molecular complexity index is 693. The normalized spacial score (nSPS) is 16.8. The fourth-order valence-corrected chi connectivity index (χ4v) is 2.68. The van der Waals surface area contributed by atoms with Crippen LogP contribution in [-0.4, -0.2) is 17.5 Å². The lowest BCUT2D eigenvalue weighted by molar-refractivity contribution is -0.121. The average molecular weight is 368 g/mol. The van der Waals surface area contributed by atoms with Gasteiger partial charge >= 0.3 is 0 Å². The number of aromatic nitrogens is 1. The second-order valence-electron chi connectivity index (χ2n) is 4.81. The molecule has 2 heterocycles. The highest BCUT2D eigenvalue weighted by molar-refractivity contribution is 9.10. The summed E-state index contributed by atoms with van der Waals surface area (Å²) in [4.78, 5) is 16.3. The van der Waals surface area contributed by atoms with Gasteiger partial charge in [0.1, 0.15) is 17.5 Å². The van der Waals surface area contributed by atoms with Gasteiger partial charge in [0, 0.05) is 0 Å². The minimum absolute atomic E-state index is 0.0828. The number of fused-ring (bicyclic) bond motifs is 1. The third-order valence-electron chi connectivity index (χ3n) is 3.31. The standard InChI is InChI=1S/C15H12BrClN2O2/c16-12-6-11(7-18-14(12)17)19-15(20)10-5-9-3-1-2-4-13(9)21-8-10/h1-4,6-7,10H,5,8H2,(H,19,20). The highest BCUT2D eigenvalue weighted by Crippen LogP contribution is 2.28. The van der Waals surface area contributed by atoms with E-state index >= 15 is 0 Å². The van der Waals surface area contributed by atoms with Crippen molar-refractivity contribution in [2.75, 3.05) is 11.9 Å². The highest BCUT2D eigenvalue weighted by atomic mass is 79.9. The SMILES string of the molecule is O=C(Nc1cnc(Cl)c(Br)c1)C1COc2ccccc2C1. The van der Waals surface area contributed by atoms with Crippen LogP contribution in [0.4, 0.5) is 5.69 Å². The molecule has 21 heavy (non-hydrogen) atoms. The highest BCUT2D eigenvalue weighted by Gasteiger charge is 2.25. The summed E-state index contributed by atoms with van der Waals surface area (Å²) < 4.78 is 6.28. The second-order valence-corrected chi connectivity index (χ2v) is 6.02. The Balaban J connectivity index is 1.70. The van der Waals surface area contributed by atoms with E-state index in [0.717, 1.165) is 11.3 Å². The molecule has 1 N–H and O–H groups in total. The maximum absolute atomic E-state index is 12.3. The molecule has 4 nitrogen and oxygen atoms in total. The molecule has 0 bridgehead atoms. The molecule has 0 saturated carbocycles. The van der Waals surface area contributed by atoms with Crippen molar-refractivity contribution in [3.8, 4) is 5.75 Å². The Hall–Kier alpha value is -1.59. The van der Waals surface area contributed by atoms with Gasteiger partial charge in [-0.2, -0.15) is 0 Å². The number of anilines is 1. The van der Waals surface area contributed by atoms with Crippen LogP contribution in [0.3, 0.4) is 0 Å². The van der Waals surface area contributed by atoms with Crippen LogP contribution in [0.25, 0.3) is 0 Å². The van der Waals surface area contributed by atoms with E-state index in [4.69, 9.17) is 16.3 Å². The zero-order valence-corrected chi connectivity index (χ0v) is 13.3. The van der Waals surface area contributed by atoms with Gasteiger partial charge in [-0.05, 0) is 40.0 Å². The van der Waals surface area contributed by atoms with Gasteiger partial charge in [-0.25, -0.2) is 4.98 Å². The predicted molar refractivity (Wildman–Crippen MR) is 84.7 cm³/mol. The first-order valence-corrected chi connectivity index (χ1v) is 7.63. The first-order valence-electron chi connectivity index (χ1n) is 6.46. The van der Waals surface area contributed by atoms with Crippen molar-refractivity contribution in [1.29, 1.82) is 0 Å². The predicted octanol–water partition coefficient (Wildman–Crippen LogP) is 3.69. The third-order valence-corrected chi connectivity index (χ3v) is 4.45. The smallest absolute Gasteiger partial charge is 0.231 e.